The van der Waals surface area contributed by atoms with Crippen LogP contribution in [-0.2, 0) is 22.6 Å². The molecule has 0 unspecified atom stereocenters. The van der Waals surface area contributed by atoms with Gasteiger partial charge in [0.1, 0.15) is 0 Å². The molecule has 0 spiro atoms. The van der Waals surface area contributed by atoms with Gasteiger partial charge >= 0.3 is 0 Å². The van der Waals surface area contributed by atoms with Gasteiger partial charge in [0.15, 0.2) is 11.6 Å². The molecule has 1 aromatic heterocycles. The van der Waals surface area contributed by atoms with Crippen molar-refractivity contribution in [2.24, 2.45) is 5.92 Å². The summed E-state index contributed by atoms with van der Waals surface area (Å²) in [5.41, 5.74) is 1.43. The number of halogens is 2. The number of piperidine rings is 1. The summed E-state index contributed by atoms with van der Waals surface area (Å²) in [7, 11) is 0. The van der Waals surface area contributed by atoms with Crippen molar-refractivity contribution >= 4 is 11.8 Å². The van der Waals surface area contributed by atoms with Crippen molar-refractivity contribution in [1.29, 1.82) is 0 Å². The third-order valence-corrected chi connectivity index (χ3v) is 5.45. The third kappa shape index (κ3) is 6.61. The third-order valence-electron chi connectivity index (χ3n) is 5.45. The van der Waals surface area contributed by atoms with E-state index >= 15 is 0 Å². The van der Waals surface area contributed by atoms with Gasteiger partial charge in [-0.1, -0.05) is 12.1 Å². The second kappa shape index (κ2) is 10.8. The number of rotatable bonds is 8. The summed E-state index contributed by atoms with van der Waals surface area (Å²) in [6.07, 6.45) is 5.80. The van der Waals surface area contributed by atoms with Crippen LogP contribution in [0.4, 0.5) is 8.78 Å². The highest BCUT2D eigenvalue weighted by atomic mass is 19.2. The van der Waals surface area contributed by atoms with E-state index in [1.807, 2.05) is 23.1 Å². The molecule has 1 aliphatic rings. The summed E-state index contributed by atoms with van der Waals surface area (Å²) in [6.45, 7) is 1.61. The summed E-state index contributed by atoms with van der Waals surface area (Å²) < 4.78 is 26.2. The van der Waals surface area contributed by atoms with E-state index in [9.17, 15) is 18.4 Å². The minimum atomic E-state index is -0.920. The fraction of sp³-hybridized carbons (Fsp3) is 0.435. The average molecular weight is 415 g/mol. The van der Waals surface area contributed by atoms with Crippen LogP contribution in [0.1, 0.15) is 43.4 Å². The molecule has 0 aliphatic carbocycles. The Hall–Kier alpha value is -2.83. The van der Waals surface area contributed by atoms with Gasteiger partial charge in [-0.05, 0) is 61.4 Å². The van der Waals surface area contributed by atoms with Crippen LogP contribution in [0.2, 0.25) is 0 Å². The maximum Gasteiger partial charge on any atom is 0.222 e. The first kappa shape index (κ1) is 21.9. The SMILES string of the molecule is O=C(CC[C@H]1CCCN(C(=O)CCc2ccccn2)C1)NCc1ccc(F)c(F)c1. The molecule has 1 aromatic carbocycles. The first-order valence-corrected chi connectivity index (χ1v) is 10.4. The van der Waals surface area contributed by atoms with Crippen molar-refractivity contribution in [3.63, 3.8) is 0 Å². The maximum absolute atomic E-state index is 13.2. The number of aryl methyl sites for hydroxylation is 1. The van der Waals surface area contributed by atoms with Crippen LogP contribution in [0, 0.1) is 17.6 Å². The first-order valence-electron chi connectivity index (χ1n) is 10.4. The summed E-state index contributed by atoms with van der Waals surface area (Å²) >= 11 is 0. The minimum absolute atomic E-state index is 0.127. The largest absolute Gasteiger partial charge is 0.352 e. The highest BCUT2D eigenvalue weighted by Crippen LogP contribution is 2.22. The molecule has 2 aromatic rings. The summed E-state index contributed by atoms with van der Waals surface area (Å²) in [5.74, 6) is -1.52. The Morgan fingerprint density at radius 1 is 1.13 bits per heavy atom. The number of carbonyl (C=O) groups is 2. The molecule has 2 amide bonds. The molecular formula is C23H27F2N3O2. The standard InChI is InChI=1S/C23H27F2N3O2/c24-20-9-6-18(14-21(20)25)15-27-22(29)10-7-17-4-3-13-28(16-17)23(30)11-8-19-5-1-2-12-26-19/h1-2,5-6,9,12,14,17H,3-4,7-8,10-11,13,15-16H2,(H,27,29)/t17-/m1/s1. The van der Waals surface area contributed by atoms with Crippen LogP contribution in [-0.4, -0.2) is 34.8 Å². The highest BCUT2D eigenvalue weighted by Gasteiger charge is 2.24. The predicted octanol–water partition coefficient (Wildman–Crippen LogP) is 3.63. The Bertz CT molecular complexity index is 861. The molecule has 3 rings (SSSR count). The lowest BCUT2D eigenvalue weighted by atomic mass is 9.93. The molecule has 0 radical (unpaired) electrons. The van der Waals surface area contributed by atoms with Gasteiger partial charge in [-0.15, -0.1) is 0 Å². The van der Waals surface area contributed by atoms with Gasteiger partial charge < -0.3 is 10.2 Å². The number of carbonyl (C=O) groups excluding carboxylic acids is 2. The number of hydrogen-bond donors (Lipinski definition) is 1. The lowest BCUT2D eigenvalue weighted by Crippen LogP contribution is -2.40. The minimum Gasteiger partial charge on any atom is -0.352 e. The van der Waals surface area contributed by atoms with Crippen LogP contribution in [0.15, 0.2) is 42.6 Å². The van der Waals surface area contributed by atoms with E-state index in [1.165, 1.54) is 6.07 Å². The molecule has 0 saturated carbocycles. The molecule has 2 heterocycles. The molecule has 1 N–H and O–H groups in total. The lowest BCUT2D eigenvalue weighted by molar-refractivity contribution is -0.133. The van der Waals surface area contributed by atoms with Crippen LogP contribution in [0.5, 0.6) is 0 Å². The second-order valence-corrected chi connectivity index (χ2v) is 7.73. The Kier molecular flexibility index (Phi) is 7.88. The van der Waals surface area contributed by atoms with Crippen LogP contribution in [0.3, 0.4) is 0 Å². The number of pyridine rings is 1. The van der Waals surface area contributed by atoms with E-state index in [-0.39, 0.29) is 18.4 Å². The van der Waals surface area contributed by atoms with Gasteiger partial charge in [-0.25, -0.2) is 8.78 Å². The predicted molar refractivity (Wildman–Crippen MR) is 109 cm³/mol. The first-order chi connectivity index (χ1) is 14.5. The van der Waals surface area contributed by atoms with Gasteiger partial charge in [-0.2, -0.15) is 0 Å². The van der Waals surface area contributed by atoms with Crippen molar-refractivity contribution in [3.05, 3.63) is 65.5 Å². The Morgan fingerprint density at radius 3 is 2.77 bits per heavy atom. The summed E-state index contributed by atoms with van der Waals surface area (Å²) in [4.78, 5) is 30.8. The summed E-state index contributed by atoms with van der Waals surface area (Å²) in [6, 6.07) is 9.29. The molecule has 0 bridgehead atoms. The Labute approximate surface area is 175 Å². The van der Waals surface area contributed by atoms with Crippen molar-refractivity contribution in [2.45, 2.75) is 45.1 Å². The Balaban J connectivity index is 1.38. The molecule has 30 heavy (non-hydrogen) atoms. The topological polar surface area (TPSA) is 62.3 Å². The van der Waals surface area contributed by atoms with E-state index in [1.54, 1.807) is 6.20 Å². The lowest BCUT2D eigenvalue weighted by Gasteiger charge is -2.33. The molecule has 1 saturated heterocycles. The molecule has 160 valence electrons. The maximum atomic E-state index is 13.2. The zero-order chi connectivity index (χ0) is 21.3. The van der Waals surface area contributed by atoms with Crippen molar-refractivity contribution in [1.82, 2.24) is 15.2 Å². The number of amides is 2. The molecular weight excluding hydrogens is 388 g/mol. The van der Waals surface area contributed by atoms with Gasteiger partial charge in [0.05, 0.1) is 0 Å². The number of hydrogen-bond acceptors (Lipinski definition) is 3. The number of nitrogens with one attached hydrogen (secondary N) is 1. The molecule has 1 fully saturated rings. The molecule has 1 aliphatic heterocycles. The van der Waals surface area contributed by atoms with E-state index in [4.69, 9.17) is 0 Å². The quantitative estimate of drug-likeness (QED) is 0.716. The second-order valence-electron chi connectivity index (χ2n) is 7.73. The Morgan fingerprint density at radius 2 is 2.00 bits per heavy atom. The van der Waals surface area contributed by atoms with Crippen LogP contribution >= 0.6 is 0 Å². The highest BCUT2D eigenvalue weighted by molar-refractivity contribution is 5.77. The van der Waals surface area contributed by atoms with E-state index < -0.39 is 11.6 Å². The van der Waals surface area contributed by atoms with Crippen LogP contribution in [0.25, 0.3) is 0 Å². The number of nitrogens with zero attached hydrogens (tertiary/aromatic N) is 2. The van der Waals surface area contributed by atoms with Gasteiger partial charge in [0.2, 0.25) is 11.8 Å². The van der Waals surface area contributed by atoms with Crippen molar-refractivity contribution in [2.75, 3.05) is 13.1 Å². The number of likely N-dealkylation sites (tertiary alicyclic amines) is 1. The van der Waals surface area contributed by atoms with Gasteiger partial charge in [0, 0.05) is 44.4 Å². The van der Waals surface area contributed by atoms with Gasteiger partial charge in [-0.3, -0.25) is 14.6 Å². The zero-order valence-electron chi connectivity index (χ0n) is 16.9. The van der Waals surface area contributed by atoms with E-state index in [2.05, 4.69) is 10.3 Å². The smallest absolute Gasteiger partial charge is 0.222 e. The van der Waals surface area contributed by atoms with Crippen molar-refractivity contribution in [3.8, 4) is 0 Å². The number of aromatic nitrogens is 1. The van der Waals surface area contributed by atoms with Crippen molar-refractivity contribution < 1.29 is 18.4 Å². The molecule has 1 atom stereocenters. The summed E-state index contributed by atoms with van der Waals surface area (Å²) in [5, 5.41) is 2.74. The number of benzene rings is 1. The average Bonchev–Trinajstić information content (AvgIpc) is 2.77. The zero-order valence-corrected chi connectivity index (χ0v) is 16.9. The van der Waals surface area contributed by atoms with Crippen LogP contribution < -0.4 is 5.32 Å². The van der Waals surface area contributed by atoms with E-state index in [0.717, 1.165) is 37.2 Å². The fourth-order valence-corrected chi connectivity index (χ4v) is 3.74. The monoisotopic (exact) mass is 415 g/mol. The van der Waals surface area contributed by atoms with Gasteiger partial charge in [0.25, 0.3) is 0 Å². The molecule has 7 heteroatoms. The van der Waals surface area contributed by atoms with E-state index in [0.29, 0.717) is 43.7 Å². The molecule has 5 nitrogen and oxygen atoms in total. The fourth-order valence-electron chi connectivity index (χ4n) is 3.74. The normalized spacial score (nSPS) is 16.3.